The monoisotopic (exact) mass is 370 g/mol. The van der Waals surface area contributed by atoms with Crippen LogP contribution in [0, 0.1) is 6.92 Å². The van der Waals surface area contributed by atoms with Crippen molar-refractivity contribution in [3.05, 3.63) is 41.4 Å². The Morgan fingerprint density at radius 1 is 1.37 bits per heavy atom. The normalized spacial score (nSPS) is 13.8. The molecule has 3 aromatic heterocycles. The lowest BCUT2D eigenvalue weighted by Gasteiger charge is -2.27. The van der Waals surface area contributed by atoms with Crippen molar-refractivity contribution in [3.8, 4) is 11.4 Å². The highest BCUT2D eigenvalue weighted by Crippen LogP contribution is 2.30. The number of fused-ring (bicyclic) bond motifs is 1. The number of hydrogen-bond donors (Lipinski definition) is 0. The summed E-state index contributed by atoms with van der Waals surface area (Å²) in [7, 11) is 3.46. The van der Waals surface area contributed by atoms with Gasteiger partial charge in [-0.1, -0.05) is 0 Å². The molecule has 0 aromatic carbocycles. The molecule has 0 bridgehead atoms. The molecule has 27 heavy (non-hydrogen) atoms. The second-order valence-electron chi connectivity index (χ2n) is 6.63. The average molecular weight is 370 g/mol. The molecule has 4 heterocycles. The van der Waals surface area contributed by atoms with Crippen molar-refractivity contribution in [2.75, 3.05) is 20.3 Å². The van der Waals surface area contributed by atoms with E-state index in [0.29, 0.717) is 37.6 Å². The predicted octanol–water partition coefficient (Wildman–Crippen LogP) is 1.42. The molecule has 9 heteroatoms. The lowest BCUT2D eigenvalue weighted by Crippen LogP contribution is -2.37. The molecule has 9 nitrogen and oxygen atoms in total. The third kappa shape index (κ3) is 3.14. The number of nitrogens with zero attached hydrogens (tertiary/aromatic N) is 6. The Hall–Kier alpha value is -2.94. The fourth-order valence-electron chi connectivity index (χ4n) is 3.53. The van der Waals surface area contributed by atoms with Crippen molar-refractivity contribution in [1.82, 2.24) is 29.4 Å². The number of methoxy groups -OCH3 is 1. The molecule has 1 aliphatic heterocycles. The number of ether oxygens (including phenoxy) is 1. The molecular formula is C18H22N6O3. The molecule has 1 amide bonds. The minimum atomic E-state index is -0.0282. The van der Waals surface area contributed by atoms with Crippen LogP contribution in [0.2, 0.25) is 0 Å². The van der Waals surface area contributed by atoms with E-state index < -0.39 is 0 Å². The zero-order valence-electron chi connectivity index (χ0n) is 15.7. The third-order valence-corrected chi connectivity index (χ3v) is 4.82. The smallest absolute Gasteiger partial charge is 0.272 e. The summed E-state index contributed by atoms with van der Waals surface area (Å²) in [5.74, 6) is -0.0282. The van der Waals surface area contributed by atoms with Gasteiger partial charge >= 0.3 is 0 Å². The molecule has 4 rings (SSSR count). The summed E-state index contributed by atoms with van der Waals surface area (Å²) in [4.78, 5) is 19.1. The summed E-state index contributed by atoms with van der Waals surface area (Å²) >= 11 is 0. The Morgan fingerprint density at radius 2 is 2.22 bits per heavy atom. The lowest BCUT2D eigenvalue weighted by molar-refractivity contribution is 0.0721. The van der Waals surface area contributed by atoms with E-state index in [0.717, 1.165) is 29.1 Å². The molecule has 0 saturated heterocycles. The van der Waals surface area contributed by atoms with Crippen molar-refractivity contribution in [2.45, 2.75) is 26.4 Å². The third-order valence-electron chi connectivity index (χ3n) is 4.82. The molecule has 3 aromatic rings. The minimum absolute atomic E-state index is 0.0282. The Balaban J connectivity index is 1.67. The summed E-state index contributed by atoms with van der Waals surface area (Å²) in [6.07, 6.45) is 3.70. The molecular weight excluding hydrogens is 348 g/mol. The molecule has 1 aliphatic rings. The number of oxazole rings is 1. The van der Waals surface area contributed by atoms with Gasteiger partial charge in [0.25, 0.3) is 5.91 Å². The van der Waals surface area contributed by atoms with Crippen LogP contribution in [0.4, 0.5) is 0 Å². The standard InChI is InChI=1S/C18H22N6O3/c1-12-8-16(22(2)20-12)18(25)23-5-4-15-13(9-23)17(14-10-27-11-19-14)21-24(15)6-7-26-3/h8,10-11H,4-7,9H2,1-3H3. The molecule has 0 spiro atoms. The van der Waals surface area contributed by atoms with E-state index in [1.807, 2.05) is 22.6 Å². The largest absolute Gasteiger partial charge is 0.451 e. The SMILES string of the molecule is COCCn1nc(-c2cocn2)c2c1CCN(C(=O)c1cc(C)nn1C)C2. The number of carbonyl (C=O) groups excluding carboxylic acids is 1. The minimum Gasteiger partial charge on any atom is -0.451 e. The van der Waals surface area contributed by atoms with E-state index >= 15 is 0 Å². The number of aryl methyl sites for hydroxylation is 2. The Bertz CT molecular complexity index is 956. The van der Waals surface area contributed by atoms with Crippen LogP contribution >= 0.6 is 0 Å². The quantitative estimate of drug-likeness (QED) is 0.675. The van der Waals surface area contributed by atoms with Gasteiger partial charge < -0.3 is 14.1 Å². The number of aromatic nitrogens is 5. The van der Waals surface area contributed by atoms with E-state index in [-0.39, 0.29) is 5.91 Å². The fraction of sp³-hybridized carbons (Fsp3) is 0.444. The molecule has 142 valence electrons. The first kappa shape index (κ1) is 17.5. The first-order valence-corrected chi connectivity index (χ1v) is 8.84. The maximum absolute atomic E-state index is 13.0. The molecule has 0 atom stereocenters. The van der Waals surface area contributed by atoms with Gasteiger partial charge in [0.15, 0.2) is 6.39 Å². The zero-order chi connectivity index (χ0) is 19.0. The van der Waals surface area contributed by atoms with Crippen molar-refractivity contribution in [3.63, 3.8) is 0 Å². The van der Waals surface area contributed by atoms with Gasteiger partial charge in [-0.25, -0.2) is 4.98 Å². The molecule has 0 unspecified atom stereocenters. The first-order chi connectivity index (χ1) is 13.1. The van der Waals surface area contributed by atoms with Gasteiger partial charge in [0.1, 0.15) is 23.3 Å². The van der Waals surface area contributed by atoms with E-state index in [2.05, 4.69) is 10.1 Å². The van der Waals surface area contributed by atoms with Gasteiger partial charge in [-0.3, -0.25) is 14.2 Å². The highest BCUT2D eigenvalue weighted by molar-refractivity contribution is 5.93. The average Bonchev–Trinajstić information content (AvgIpc) is 3.37. The van der Waals surface area contributed by atoms with Crippen molar-refractivity contribution in [1.29, 1.82) is 0 Å². The van der Waals surface area contributed by atoms with Crippen molar-refractivity contribution in [2.24, 2.45) is 7.05 Å². The van der Waals surface area contributed by atoms with Gasteiger partial charge in [-0.2, -0.15) is 10.2 Å². The van der Waals surface area contributed by atoms with Gasteiger partial charge in [0, 0.05) is 38.4 Å². The van der Waals surface area contributed by atoms with Crippen LogP contribution < -0.4 is 0 Å². The molecule has 0 N–H and O–H groups in total. The molecule has 0 radical (unpaired) electrons. The van der Waals surface area contributed by atoms with E-state index in [1.165, 1.54) is 6.39 Å². The summed E-state index contributed by atoms with van der Waals surface area (Å²) in [5, 5.41) is 9.00. The highest BCUT2D eigenvalue weighted by Gasteiger charge is 2.30. The van der Waals surface area contributed by atoms with E-state index in [9.17, 15) is 4.79 Å². The van der Waals surface area contributed by atoms with Crippen LogP contribution in [0.3, 0.4) is 0 Å². The maximum atomic E-state index is 13.0. The van der Waals surface area contributed by atoms with Gasteiger partial charge in [0.05, 0.1) is 25.4 Å². The molecule has 0 fully saturated rings. The summed E-state index contributed by atoms with van der Waals surface area (Å²) in [5.41, 5.74) is 4.98. The predicted molar refractivity (Wildman–Crippen MR) is 96.0 cm³/mol. The number of amides is 1. The van der Waals surface area contributed by atoms with Gasteiger partial charge in [-0.05, 0) is 13.0 Å². The highest BCUT2D eigenvalue weighted by atomic mass is 16.5. The number of hydrogen-bond acceptors (Lipinski definition) is 6. The lowest BCUT2D eigenvalue weighted by atomic mass is 10.0. The van der Waals surface area contributed by atoms with Crippen LogP contribution in [-0.2, 0) is 31.3 Å². The number of rotatable bonds is 5. The topological polar surface area (TPSA) is 91.2 Å². The first-order valence-electron chi connectivity index (χ1n) is 8.84. The summed E-state index contributed by atoms with van der Waals surface area (Å²) in [6, 6.07) is 1.82. The van der Waals surface area contributed by atoms with Crippen LogP contribution in [0.25, 0.3) is 11.4 Å². The Kier molecular flexibility index (Phi) is 4.53. The second kappa shape index (κ2) is 6.99. The van der Waals surface area contributed by atoms with Crippen LogP contribution in [0.15, 0.2) is 23.1 Å². The molecule has 0 aliphatic carbocycles. The van der Waals surface area contributed by atoms with Crippen LogP contribution in [0.5, 0.6) is 0 Å². The van der Waals surface area contributed by atoms with Crippen molar-refractivity contribution >= 4 is 5.91 Å². The maximum Gasteiger partial charge on any atom is 0.272 e. The number of carbonyl (C=O) groups is 1. The summed E-state index contributed by atoms with van der Waals surface area (Å²) < 4.78 is 13.9. The van der Waals surface area contributed by atoms with E-state index in [1.54, 1.807) is 25.1 Å². The zero-order valence-corrected chi connectivity index (χ0v) is 15.7. The van der Waals surface area contributed by atoms with Crippen LogP contribution in [-0.4, -0.2) is 55.6 Å². The van der Waals surface area contributed by atoms with Gasteiger partial charge in [0.2, 0.25) is 0 Å². The van der Waals surface area contributed by atoms with Crippen LogP contribution in [0.1, 0.15) is 27.4 Å². The summed E-state index contributed by atoms with van der Waals surface area (Å²) in [6.45, 7) is 4.23. The Morgan fingerprint density at radius 3 is 2.89 bits per heavy atom. The van der Waals surface area contributed by atoms with E-state index in [4.69, 9.17) is 14.3 Å². The second-order valence-corrected chi connectivity index (χ2v) is 6.63. The molecule has 0 saturated carbocycles. The van der Waals surface area contributed by atoms with Crippen molar-refractivity contribution < 1.29 is 13.9 Å². The van der Waals surface area contributed by atoms with Gasteiger partial charge in [-0.15, -0.1) is 0 Å². The Labute approximate surface area is 156 Å². The fourth-order valence-corrected chi connectivity index (χ4v) is 3.53.